The topological polar surface area (TPSA) is 6.48 Å². The predicted octanol–water partition coefficient (Wildman–Crippen LogP) is 15.4. The summed E-state index contributed by atoms with van der Waals surface area (Å²) in [4.78, 5) is 4.69. The minimum atomic E-state index is 1.10. The quantitative estimate of drug-likeness (QED) is 0.145. The van der Waals surface area contributed by atoms with Crippen LogP contribution in [0.5, 0.6) is 0 Å². The molecule has 0 unspecified atom stereocenters. The summed E-state index contributed by atoms with van der Waals surface area (Å²) in [5.41, 5.74) is 11.5. The number of rotatable bonds is 8. The maximum absolute atomic E-state index is 2.35. The molecule has 0 amide bonds. The molecule has 264 valence electrons. The molecule has 0 N–H and O–H groups in total. The lowest BCUT2D eigenvalue weighted by Crippen LogP contribution is -2.10. The predicted molar refractivity (Wildman–Crippen MR) is 239 cm³/mol. The Morgan fingerprint density at radius 2 is 0.625 bits per heavy atom. The summed E-state index contributed by atoms with van der Waals surface area (Å²) in [5.74, 6) is 0. The zero-order chi connectivity index (χ0) is 37.3. The van der Waals surface area contributed by atoms with Crippen molar-refractivity contribution < 1.29 is 0 Å². The normalized spacial score (nSPS) is 11.2. The average Bonchev–Trinajstić information content (AvgIpc) is 3.28. The monoisotopic (exact) mass is 714 g/mol. The summed E-state index contributed by atoms with van der Waals surface area (Å²) < 4.78 is 0. The third kappa shape index (κ3) is 6.24. The van der Waals surface area contributed by atoms with Gasteiger partial charge >= 0.3 is 0 Å². The first kappa shape index (κ1) is 33.2. The zero-order valence-electron chi connectivity index (χ0n) is 30.8. The zero-order valence-corrected chi connectivity index (χ0v) is 30.8. The molecule has 2 nitrogen and oxygen atoms in total. The Balaban J connectivity index is 1.05. The van der Waals surface area contributed by atoms with Crippen molar-refractivity contribution in [2.24, 2.45) is 0 Å². The van der Waals surface area contributed by atoms with Crippen LogP contribution in [-0.4, -0.2) is 0 Å². The fraction of sp³-hybridized carbons (Fsp3) is 0. The molecule has 0 aliphatic heterocycles. The molecule has 0 aliphatic rings. The highest BCUT2D eigenvalue weighted by Crippen LogP contribution is 2.41. The molecule has 56 heavy (non-hydrogen) atoms. The molecule has 10 aromatic rings. The lowest BCUT2D eigenvalue weighted by molar-refractivity contribution is 1.28. The van der Waals surface area contributed by atoms with Gasteiger partial charge in [-0.2, -0.15) is 0 Å². The van der Waals surface area contributed by atoms with Crippen molar-refractivity contribution in [1.82, 2.24) is 0 Å². The van der Waals surface area contributed by atoms with E-state index in [-0.39, 0.29) is 0 Å². The molecule has 0 saturated heterocycles. The standard InChI is InChI=1S/C54H38N2/c1-4-14-39(15-5-1)40-24-30-47(31-25-40)55(45-17-6-2-7-18-45)49-34-26-41-27-35-50(37-44(41)36-49)56(46-19-8-3-9-20-46)48-32-28-42(29-33-48)54-38-43-16-10-11-21-51(43)52-22-12-13-23-53(52)54/h1-38H. The van der Waals surface area contributed by atoms with Crippen LogP contribution in [0.25, 0.3) is 54.6 Å². The van der Waals surface area contributed by atoms with E-state index in [0.29, 0.717) is 0 Å². The molecule has 0 heterocycles. The van der Waals surface area contributed by atoms with Gasteiger partial charge in [-0.1, -0.05) is 152 Å². The first-order chi connectivity index (χ1) is 27.8. The molecular weight excluding hydrogens is 677 g/mol. The Morgan fingerprint density at radius 3 is 1.20 bits per heavy atom. The average molecular weight is 715 g/mol. The third-order valence-electron chi connectivity index (χ3n) is 10.8. The Morgan fingerprint density at radius 1 is 0.214 bits per heavy atom. The Bertz CT molecular complexity index is 2940. The largest absolute Gasteiger partial charge is 0.310 e. The number of hydrogen-bond acceptors (Lipinski definition) is 2. The van der Waals surface area contributed by atoms with E-state index in [9.17, 15) is 0 Å². The van der Waals surface area contributed by atoms with Crippen LogP contribution < -0.4 is 9.80 Å². The second-order valence-electron chi connectivity index (χ2n) is 14.2. The van der Waals surface area contributed by atoms with Crippen LogP contribution in [0.1, 0.15) is 0 Å². The van der Waals surface area contributed by atoms with Crippen molar-refractivity contribution in [2.45, 2.75) is 0 Å². The maximum atomic E-state index is 2.35. The summed E-state index contributed by atoms with van der Waals surface area (Å²) in [6, 6.07) is 83.1. The Hall–Kier alpha value is -7.42. The molecule has 0 atom stereocenters. The summed E-state index contributed by atoms with van der Waals surface area (Å²) >= 11 is 0. The summed E-state index contributed by atoms with van der Waals surface area (Å²) in [5, 5.41) is 7.44. The van der Waals surface area contributed by atoms with Crippen LogP contribution in [0.4, 0.5) is 34.1 Å². The molecule has 0 fully saturated rings. The number of fused-ring (bicyclic) bond motifs is 4. The molecule has 0 aromatic heterocycles. The number of nitrogens with zero attached hydrogens (tertiary/aromatic N) is 2. The van der Waals surface area contributed by atoms with Crippen molar-refractivity contribution in [2.75, 3.05) is 9.80 Å². The van der Waals surface area contributed by atoms with Crippen LogP contribution in [0.3, 0.4) is 0 Å². The number of anilines is 6. The van der Waals surface area contributed by atoms with Gasteiger partial charge in [0.05, 0.1) is 0 Å². The fourth-order valence-electron chi connectivity index (χ4n) is 8.06. The van der Waals surface area contributed by atoms with E-state index >= 15 is 0 Å². The lowest BCUT2D eigenvalue weighted by Gasteiger charge is -2.27. The van der Waals surface area contributed by atoms with E-state index in [1.807, 2.05) is 0 Å². The fourth-order valence-corrected chi connectivity index (χ4v) is 8.06. The van der Waals surface area contributed by atoms with Gasteiger partial charge in [0.2, 0.25) is 0 Å². The van der Waals surface area contributed by atoms with Gasteiger partial charge in [-0.3, -0.25) is 0 Å². The van der Waals surface area contributed by atoms with Crippen LogP contribution in [0, 0.1) is 0 Å². The van der Waals surface area contributed by atoms with Gasteiger partial charge in [0.15, 0.2) is 0 Å². The number of hydrogen-bond donors (Lipinski definition) is 0. The second-order valence-corrected chi connectivity index (χ2v) is 14.2. The molecule has 10 aromatic carbocycles. The number of para-hydroxylation sites is 2. The minimum Gasteiger partial charge on any atom is -0.310 e. The second kappa shape index (κ2) is 14.4. The van der Waals surface area contributed by atoms with E-state index in [0.717, 1.165) is 34.1 Å². The highest BCUT2D eigenvalue weighted by molar-refractivity contribution is 6.13. The summed E-state index contributed by atoms with van der Waals surface area (Å²) in [7, 11) is 0. The lowest BCUT2D eigenvalue weighted by atomic mass is 9.93. The van der Waals surface area contributed by atoms with Gasteiger partial charge in [-0.25, -0.2) is 0 Å². The molecule has 0 saturated carbocycles. The molecule has 0 aliphatic carbocycles. The van der Waals surface area contributed by atoms with Crippen molar-refractivity contribution in [3.05, 3.63) is 231 Å². The molecule has 0 spiro atoms. The van der Waals surface area contributed by atoms with Crippen molar-refractivity contribution in [3.63, 3.8) is 0 Å². The SMILES string of the molecule is c1ccc(-c2ccc(N(c3ccccc3)c3ccc4ccc(N(c5ccccc5)c5ccc(-c6cc7ccccc7c7ccccc67)cc5)cc4c3)cc2)cc1. The van der Waals surface area contributed by atoms with E-state index in [2.05, 4.69) is 240 Å². The maximum Gasteiger partial charge on any atom is 0.0468 e. The molecule has 2 heteroatoms. The van der Waals surface area contributed by atoms with Crippen LogP contribution in [0.15, 0.2) is 231 Å². The van der Waals surface area contributed by atoms with Crippen LogP contribution >= 0.6 is 0 Å². The summed E-state index contributed by atoms with van der Waals surface area (Å²) in [6.45, 7) is 0. The van der Waals surface area contributed by atoms with Gasteiger partial charge in [-0.15, -0.1) is 0 Å². The van der Waals surface area contributed by atoms with E-state index in [1.54, 1.807) is 0 Å². The van der Waals surface area contributed by atoms with Crippen molar-refractivity contribution in [1.29, 1.82) is 0 Å². The van der Waals surface area contributed by atoms with E-state index in [1.165, 1.54) is 54.6 Å². The smallest absolute Gasteiger partial charge is 0.0468 e. The number of benzene rings is 10. The van der Waals surface area contributed by atoms with Gasteiger partial charge in [0.1, 0.15) is 0 Å². The first-order valence-corrected chi connectivity index (χ1v) is 19.2. The van der Waals surface area contributed by atoms with Crippen molar-refractivity contribution >= 4 is 66.4 Å². The molecule has 10 rings (SSSR count). The Labute approximate surface area is 327 Å². The molecule has 0 radical (unpaired) electrons. The third-order valence-corrected chi connectivity index (χ3v) is 10.8. The van der Waals surface area contributed by atoms with Crippen molar-refractivity contribution in [3.8, 4) is 22.3 Å². The highest BCUT2D eigenvalue weighted by Gasteiger charge is 2.17. The van der Waals surface area contributed by atoms with Gasteiger partial charge in [-0.05, 0) is 133 Å². The first-order valence-electron chi connectivity index (χ1n) is 19.2. The van der Waals surface area contributed by atoms with Crippen LogP contribution in [-0.2, 0) is 0 Å². The molecular formula is C54H38N2. The molecule has 0 bridgehead atoms. The van der Waals surface area contributed by atoms with E-state index < -0.39 is 0 Å². The minimum absolute atomic E-state index is 1.10. The van der Waals surface area contributed by atoms with Crippen LogP contribution in [0.2, 0.25) is 0 Å². The Kier molecular flexibility index (Phi) is 8.55. The van der Waals surface area contributed by atoms with Gasteiger partial charge in [0.25, 0.3) is 0 Å². The highest BCUT2D eigenvalue weighted by atomic mass is 15.1. The summed E-state index contributed by atoms with van der Waals surface area (Å²) in [6.07, 6.45) is 0. The van der Waals surface area contributed by atoms with E-state index in [4.69, 9.17) is 0 Å². The van der Waals surface area contributed by atoms with Gasteiger partial charge < -0.3 is 9.80 Å². The van der Waals surface area contributed by atoms with Gasteiger partial charge in [0, 0.05) is 34.1 Å².